The smallest absolute Gasteiger partial charge is 0.306 e. The van der Waals surface area contributed by atoms with Crippen LogP contribution in [0.15, 0.2) is 11.6 Å². The SMILES string of the molecule is CCCCCCC(=O)OC1CC[C@@]2(C)C(=CC[C@H]3[C@@H]4CC[C@H](C(C)=O)[C@@]4(C)CC[C@@H]32)C1. The normalized spacial score (nSPS) is 41.5. The summed E-state index contributed by atoms with van der Waals surface area (Å²) in [4.78, 5) is 24.6. The monoisotopic (exact) mass is 428 g/mol. The van der Waals surface area contributed by atoms with E-state index in [-0.39, 0.29) is 28.8 Å². The largest absolute Gasteiger partial charge is 0.462 e. The first-order valence-corrected chi connectivity index (χ1v) is 13.2. The lowest BCUT2D eigenvalue weighted by molar-refractivity contribution is -0.151. The lowest BCUT2D eigenvalue weighted by atomic mass is 9.47. The second kappa shape index (κ2) is 9.02. The summed E-state index contributed by atoms with van der Waals surface area (Å²) in [6.07, 6.45) is 16.8. The van der Waals surface area contributed by atoms with Crippen LogP contribution in [0.25, 0.3) is 0 Å². The highest BCUT2D eigenvalue weighted by Crippen LogP contribution is 2.66. The molecule has 0 aromatic carbocycles. The van der Waals surface area contributed by atoms with E-state index in [1.165, 1.54) is 32.1 Å². The van der Waals surface area contributed by atoms with E-state index in [1.807, 2.05) is 6.92 Å². The Bertz CT molecular complexity index is 724. The molecule has 0 N–H and O–H groups in total. The molecule has 0 spiro atoms. The zero-order valence-corrected chi connectivity index (χ0v) is 20.4. The van der Waals surface area contributed by atoms with Crippen LogP contribution in [0.1, 0.15) is 111 Å². The third kappa shape index (κ3) is 4.15. The van der Waals surface area contributed by atoms with Gasteiger partial charge in [0.15, 0.2) is 0 Å². The Balaban J connectivity index is 1.41. The van der Waals surface area contributed by atoms with E-state index in [0.29, 0.717) is 18.1 Å². The van der Waals surface area contributed by atoms with Crippen LogP contribution in [0.5, 0.6) is 0 Å². The zero-order chi connectivity index (χ0) is 22.2. The molecule has 0 aliphatic heterocycles. The van der Waals surface area contributed by atoms with Crippen LogP contribution in [0.4, 0.5) is 0 Å². The van der Waals surface area contributed by atoms with E-state index >= 15 is 0 Å². The van der Waals surface area contributed by atoms with Crippen LogP contribution in [-0.2, 0) is 14.3 Å². The van der Waals surface area contributed by atoms with Gasteiger partial charge in [0.25, 0.3) is 0 Å². The van der Waals surface area contributed by atoms with Crippen molar-refractivity contribution in [3.05, 3.63) is 11.6 Å². The molecule has 7 atom stereocenters. The van der Waals surface area contributed by atoms with E-state index in [2.05, 4.69) is 26.8 Å². The average molecular weight is 429 g/mol. The topological polar surface area (TPSA) is 43.4 Å². The van der Waals surface area contributed by atoms with Crippen molar-refractivity contribution in [2.24, 2.45) is 34.5 Å². The van der Waals surface area contributed by atoms with Gasteiger partial charge in [0, 0.05) is 18.8 Å². The molecule has 0 amide bonds. The van der Waals surface area contributed by atoms with Crippen LogP contribution in [0.2, 0.25) is 0 Å². The van der Waals surface area contributed by atoms with Gasteiger partial charge in [0.2, 0.25) is 0 Å². The summed E-state index contributed by atoms with van der Waals surface area (Å²) < 4.78 is 5.91. The van der Waals surface area contributed by atoms with Crippen molar-refractivity contribution in [1.82, 2.24) is 0 Å². The minimum absolute atomic E-state index is 0.00801. The molecule has 4 rings (SSSR count). The maximum atomic E-state index is 12.3. The molecule has 0 saturated heterocycles. The zero-order valence-electron chi connectivity index (χ0n) is 20.4. The molecule has 0 aromatic heterocycles. The summed E-state index contributed by atoms with van der Waals surface area (Å²) in [6, 6.07) is 0. The highest BCUT2D eigenvalue weighted by atomic mass is 16.5. The van der Waals surface area contributed by atoms with Crippen LogP contribution in [0, 0.1) is 34.5 Å². The lowest BCUT2D eigenvalue weighted by Gasteiger charge is -2.58. The average Bonchev–Trinajstić information content (AvgIpc) is 3.09. The molecule has 174 valence electrons. The quantitative estimate of drug-likeness (QED) is 0.248. The van der Waals surface area contributed by atoms with Gasteiger partial charge in [-0.2, -0.15) is 0 Å². The number of allylic oxidation sites excluding steroid dienone is 1. The Morgan fingerprint density at radius 3 is 2.58 bits per heavy atom. The second-order valence-corrected chi connectivity index (χ2v) is 11.7. The first-order chi connectivity index (χ1) is 14.8. The molecule has 4 aliphatic rings. The summed E-state index contributed by atoms with van der Waals surface area (Å²) in [6.45, 7) is 8.93. The molecule has 0 heterocycles. The molecule has 31 heavy (non-hydrogen) atoms. The van der Waals surface area contributed by atoms with Gasteiger partial charge in [-0.1, -0.05) is 51.7 Å². The van der Waals surface area contributed by atoms with Gasteiger partial charge in [0.05, 0.1) is 0 Å². The molecule has 0 aromatic rings. The number of ketones is 1. The Kier molecular flexibility index (Phi) is 6.71. The first kappa shape index (κ1) is 23.1. The first-order valence-electron chi connectivity index (χ1n) is 13.2. The fourth-order valence-electron chi connectivity index (χ4n) is 8.34. The maximum absolute atomic E-state index is 12.3. The number of Topliss-reactive ketones (excluding diaryl/α,β-unsaturated/α-hetero) is 1. The van der Waals surface area contributed by atoms with Crippen molar-refractivity contribution in [2.45, 2.75) is 117 Å². The third-order valence-electron chi connectivity index (χ3n) is 10.1. The minimum Gasteiger partial charge on any atom is -0.462 e. The lowest BCUT2D eigenvalue weighted by Crippen LogP contribution is -2.51. The van der Waals surface area contributed by atoms with Gasteiger partial charge in [-0.25, -0.2) is 0 Å². The number of fused-ring (bicyclic) bond motifs is 5. The van der Waals surface area contributed by atoms with Crippen molar-refractivity contribution < 1.29 is 14.3 Å². The van der Waals surface area contributed by atoms with E-state index in [0.717, 1.165) is 56.8 Å². The van der Waals surface area contributed by atoms with Gasteiger partial charge in [0.1, 0.15) is 11.9 Å². The van der Waals surface area contributed by atoms with Crippen LogP contribution in [0.3, 0.4) is 0 Å². The van der Waals surface area contributed by atoms with Crippen LogP contribution >= 0.6 is 0 Å². The molecule has 3 fully saturated rings. The number of rotatable bonds is 7. The standard InChI is InChI=1S/C28H44O3/c1-5-6-7-8-9-26(30)31-21-14-16-27(3)20(18-21)10-11-22-24-13-12-23(19(2)29)28(24,4)17-15-25(22)27/h10,21-25H,5-9,11-18H2,1-4H3/t21?,22-,23+,24-,25-,27-,28+/m0/s1. The number of esters is 1. The molecular weight excluding hydrogens is 384 g/mol. The number of carbonyl (C=O) groups excluding carboxylic acids is 2. The summed E-state index contributed by atoms with van der Waals surface area (Å²) in [5.74, 6) is 2.88. The van der Waals surface area contributed by atoms with Crippen molar-refractivity contribution in [3.8, 4) is 0 Å². The van der Waals surface area contributed by atoms with Gasteiger partial charge in [-0.15, -0.1) is 0 Å². The van der Waals surface area contributed by atoms with E-state index in [4.69, 9.17) is 4.74 Å². The predicted octanol–water partition coefficient (Wildman–Crippen LogP) is 7.04. The Hall–Kier alpha value is -1.12. The number of unbranched alkanes of at least 4 members (excludes halogenated alkanes) is 3. The number of hydrogen-bond donors (Lipinski definition) is 0. The fraction of sp³-hybridized carbons (Fsp3) is 0.857. The summed E-state index contributed by atoms with van der Waals surface area (Å²) in [5.41, 5.74) is 2.05. The van der Waals surface area contributed by atoms with Crippen LogP contribution in [-0.4, -0.2) is 17.9 Å². The summed E-state index contributed by atoms with van der Waals surface area (Å²) >= 11 is 0. The predicted molar refractivity (Wildman–Crippen MR) is 125 cm³/mol. The molecule has 0 radical (unpaired) electrons. The molecule has 0 bridgehead atoms. The van der Waals surface area contributed by atoms with Gasteiger partial charge in [-0.3, -0.25) is 9.59 Å². The molecule has 4 aliphatic carbocycles. The van der Waals surface area contributed by atoms with Crippen LogP contribution < -0.4 is 0 Å². The molecule has 3 heteroatoms. The van der Waals surface area contributed by atoms with E-state index < -0.39 is 0 Å². The number of ether oxygens (including phenoxy) is 1. The third-order valence-corrected chi connectivity index (χ3v) is 10.1. The number of hydrogen-bond acceptors (Lipinski definition) is 3. The Morgan fingerprint density at radius 1 is 1.03 bits per heavy atom. The summed E-state index contributed by atoms with van der Waals surface area (Å²) in [5, 5.41) is 0. The fourth-order valence-corrected chi connectivity index (χ4v) is 8.34. The van der Waals surface area contributed by atoms with Crippen molar-refractivity contribution in [1.29, 1.82) is 0 Å². The second-order valence-electron chi connectivity index (χ2n) is 11.7. The van der Waals surface area contributed by atoms with Crippen molar-refractivity contribution in [3.63, 3.8) is 0 Å². The van der Waals surface area contributed by atoms with Crippen molar-refractivity contribution >= 4 is 11.8 Å². The van der Waals surface area contributed by atoms with Crippen molar-refractivity contribution in [2.75, 3.05) is 0 Å². The van der Waals surface area contributed by atoms with E-state index in [1.54, 1.807) is 5.57 Å². The highest BCUT2D eigenvalue weighted by Gasteiger charge is 2.59. The maximum Gasteiger partial charge on any atom is 0.306 e. The van der Waals surface area contributed by atoms with E-state index in [9.17, 15) is 9.59 Å². The highest BCUT2D eigenvalue weighted by molar-refractivity contribution is 5.79. The molecular formula is C28H44O3. The summed E-state index contributed by atoms with van der Waals surface area (Å²) in [7, 11) is 0. The van der Waals surface area contributed by atoms with Gasteiger partial charge in [-0.05, 0) is 86.9 Å². The molecule has 3 saturated carbocycles. The van der Waals surface area contributed by atoms with Gasteiger partial charge >= 0.3 is 5.97 Å². The molecule has 3 nitrogen and oxygen atoms in total. The molecule has 1 unspecified atom stereocenters. The van der Waals surface area contributed by atoms with Gasteiger partial charge < -0.3 is 4.74 Å². The minimum atomic E-state index is 0.00801. The number of carbonyl (C=O) groups is 2. The Morgan fingerprint density at radius 2 is 1.84 bits per heavy atom. The Labute approximate surface area is 189 Å².